The van der Waals surface area contributed by atoms with E-state index in [1.54, 1.807) is 0 Å². The van der Waals surface area contributed by atoms with Crippen LogP contribution in [0.3, 0.4) is 0 Å². The minimum Gasteiger partial charge on any atom is -0.478 e. The first-order chi connectivity index (χ1) is 6.50. The van der Waals surface area contributed by atoms with Crippen molar-refractivity contribution in [1.29, 1.82) is 0 Å². The van der Waals surface area contributed by atoms with Crippen molar-refractivity contribution in [2.75, 3.05) is 0 Å². The third-order valence-electron chi connectivity index (χ3n) is 1.43. The third-order valence-corrected chi connectivity index (χ3v) is 2.27. The molecule has 0 aromatic heterocycles. The highest BCUT2D eigenvalue weighted by Gasteiger charge is 2.09. The summed E-state index contributed by atoms with van der Waals surface area (Å²) in [5, 5.41) is 8.30. The highest BCUT2D eigenvalue weighted by molar-refractivity contribution is 8.13. The summed E-state index contributed by atoms with van der Waals surface area (Å²) in [7, 11) is 0. The summed E-state index contributed by atoms with van der Waals surface area (Å²) in [5.41, 5.74) is -0.129. The Balaban J connectivity index is 3.01. The standard InChI is InChI=1S/C9H7FO3S/c1-5(11)14-8-3-2-6(9(12)13)4-7(8)10/h2-4H,1H3,(H,12,13). The molecule has 0 amide bonds. The van der Waals surface area contributed by atoms with Crippen LogP contribution >= 0.6 is 11.8 Å². The van der Waals surface area contributed by atoms with E-state index in [-0.39, 0.29) is 15.6 Å². The van der Waals surface area contributed by atoms with Gasteiger partial charge < -0.3 is 5.11 Å². The Kier molecular flexibility index (Phi) is 3.24. The zero-order valence-electron chi connectivity index (χ0n) is 7.28. The molecule has 0 spiro atoms. The second kappa shape index (κ2) is 4.23. The maximum Gasteiger partial charge on any atom is 0.335 e. The van der Waals surface area contributed by atoms with Gasteiger partial charge in [-0.1, -0.05) is 0 Å². The Morgan fingerprint density at radius 1 is 1.43 bits per heavy atom. The zero-order chi connectivity index (χ0) is 10.7. The number of thioether (sulfide) groups is 1. The van der Waals surface area contributed by atoms with Crippen molar-refractivity contribution < 1.29 is 19.1 Å². The van der Waals surface area contributed by atoms with Crippen LogP contribution in [0.4, 0.5) is 4.39 Å². The molecule has 1 aromatic carbocycles. The molecule has 0 unspecified atom stereocenters. The minimum atomic E-state index is -1.19. The van der Waals surface area contributed by atoms with Crippen molar-refractivity contribution in [2.24, 2.45) is 0 Å². The van der Waals surface area contributed by atoms with Crippen molar-refractivity contribution in [1.82, 2.24) is 0 Å². The number of hydrogen-bond acceptors (Lipinski definition) is 3. The van der Waals surface area contributed by atoms with Gasteiger partial charge in [0.05, 0.1) is 10.5 Å². The van der Waals surface area contributed by atoms with Crippen LogP contribution in [0, 0.1) is 5.82 Å². The van der Waals surface area contributed by atoms with Gasteiger partial charge in [0.1, 0.15) is 5.82 Å². The predicted molar refractivity (Wildman–Crippen MR) is 49.9 cm³/mol. The fraction of sp³-hybridized carbons (Fsp3) is 0.111. The van der Waals surface area contributed by atoms with Crippen LogP contribution in [0.2, 0.25) is 0 Å². The Bertz CT molecular complexity index is 390. The summed E-state index contributed by atoms with van der Waals surface area (Å²) in [5.74, 6) is -1.88. The average molecular weight is 214 g/mol. The molecule has 0 saturated carbocycles. The lowest BCUT2D eigenvalue weighted by atomic mass is 10.2. The van der Waals surface area contributed by atoms with Crippen LogP contribution in [0.5, 0.6) is 0 Å². The first kappa shape index (κ1) is 10.7. The Morgan fingerprint density at radius 2 is 2.07 bits per heavy atom. The van der Waals surface area contributed by atoms with Crippen molar-refractivity contribution in [3.63, 3.8) is 0 Å². The van der Waals surface area contributed by atoms with Gasteiger partial charge in [-0.25, -0.2) is 9.18 Å². The second-order valence-electron chi connectivity index (χ2n) is 2.54. The molecule has 74 valence electrons. The van der Waals surface area contributed by atoms with E-state index in [9.17, 15) is 14.0 Å². The van der Waals surface area contributed by atoms with Crippen LogP contribution in [0.15, 0.2) is 23.1 Å². The van der Waals surface area contributed by atoms with Crippen LogP contribution in [-0.4, -0.2) is 16.2 Å². The summed E-state index contributed by atoms with van der Waals surface area (Å²) < 4.78 is 13.1. The SMILES string of the molecule is CC(=O)Sc1ccc(C(=O)O)cc1F. The molecule has 1 rings (SSSR count). The lowest BCUT2D eigenvalue weighted by Gasteiger charge is -2.00. The minimum absolute atomic E-state index is 0.129. The highest BCUT2D eigenvalue weighted by atomic mass is 32.2. The van der Waals surface area contributed by atoms with Crippen molar-refractivity contribution in [2.45, 2.75) is 11.8 Å². The van der Waals surface area contributed by atoms with Crippen LogP contribution in [-0.2, 0) is 4.79 Å². The van der Waals surface area contributed by atoms with E-state index in [2.05, 4.69) is 0 Å². The summed E-state index contributed by atoms with van der Waals surface area (Å²) in [6.45, 7) is 1.31. The summed E-state index contributed by atoms with van der Waals surface area (Å²) >= 11 is 0.739. The first-order valence-corrected chi connectivity index (χ1v) is 4.53. The van der Waals surface area contributed by atoms with Gasteiger partial charge in [0, 0.05) is 6.92 Å². The van der Waals surface area contributed by atoms with E-state index in [1.807, 2.05) is 0 Å². The smallest absolute Gasteiger partial charge is 0.335 e. The number of carboxylic acid groups (broad SMARTS) is 1. The molecule has 0 aliphatic carbocycles. The van der Waals surface area contributed by atoms with E-state index in [0.29, 0.717) is 0 Å². The Labute approximate surface area is 83.9 Å². The quantitative estimate of drug-likeness (QED) is 0.766. The highest BCUT2D eigenvalue weighted by Crippen LogP contribution is 2.22. The van der Waals surface area contributed by atoms with Gasteiger partial charge in [-0.05, 0) is 30.0 Å². The molecule has 1 N–H and O–H groups in total. The summed E-state index contributed by atoms with van der Waals surface area (Å²) in [4.78, 5) is 21.3. The molecule has 0 aliphatic rings. The fourth-order valence-corrected chi connectivity index (χ4v) is 1.47. The molecule has 0 radical (unpaired) electrons. The van der Waals surface area contributed by atoms with Crippen LogP contribution in [0.1, 0.15) is 17.3 Å². The number of carbonyl (C=O) groups is 2. The van der Waals surface area contributed by atoms with Gasteiger partial charge in [-0.3, -0.25) is 4.79 Å². The number of halogens is 1. The monoisotopic (exact) mass is 214 g/mol. The van der Waals surface area contributed by atoms with Crippen molar-refractivity contribution in [3.05, 3.63) is 29.6 Å². The maximum atomic E-state index is 13.1. The van der Waals surface area contributed by atoms with E-state index in [0.717, 1.165) is 17.8 Å². The Morgan fingerprint density at radius 3 is 2.50 bits per heavy atom. The van der Waals surface area contributed by atoms with Gasteiger partial charge in [-0.15, -0.1) is 0 Å². The molecule has 0 heterocycles. The van der Waals surface area contributed by atoms with Gasteiger partial charge >= 0.3 is 5.97 Å². The molecule has 0 aliphatic heterocycles. The average Bonchev–Trinajstić information content (AvgIpc) is 2.07. The maximum absolute atomic E-state index is 13.1. The van der Waals surface area contributed by atoms with Crippen molar-refractivity contribution in [3.8, 4) is 0 Å². The van der Waals surface area contributed by atoms with E-state index in [1.165, 1.54) is 19.1 Å². The molecular weight excluding hydrogens is 207 g/mol. The lowest BCUT2D eigenvalue weighted by Crippen LogP contribution is -1.97. The van der Waals surface area contributed by atoms with Crippen LogP contribution < -0.4 is 0 Å². The number of rotatable bonds is 2. The van der Waals surface area contributed by atoms with Gasteiger partial charge in [-0.2, -0.15) is 0 Å². The van der Waals surface area contributed by atoms with Gasteiger partial charge in [0.25, 0.3) is 0 Å². The fourth-order valence-electron chi connectivity index (χ4n) is 0.871. The van der Waals surface area contributed by atoms with Gasteiger partial charge in [0.2, 0.25) is 0 Å². The number of carbonyl (C=O) groups excluding carboxylic acids is 1. The normalized spacial score (nSPS) is 9.86. The third kappa shape index (κ3) is 2.56. The molecule has 0 atom stereocenters. The van der Waals surface area contributed by atoms with E-state index in [4.69, 9.17) is 5.11 Å². The number of aromatic carboxylic acids is 1. The molecule has 1 aromatic rings. The topological polar surface area (TPSA) is 54.4 Å². The van der Waals surface area contributed by atoms with Crippen molar-refractivity contribution >= 4 is 22.8 Å². The second-order valence-corrected chi connectivity index (χ2v) is 3.76. The van der Waals surface area contributed by atoms with E-state index < -0.39 is 11.8 Å². The first-order valence-electron chi connectivity index (χ1n) is 3.72. The molecule has 0 bridgehead atoms. The Hall–Kier alpha value is -1.36. The summed E-state index contributed by atoms with van der Waals surface area (Å²) in [6.07, 6.45) is 0. The molecule has 5 heteroatoms. The number of carboxylic acids is 1. The summed E-state index contributed by atoms with van der Waals surface area (Å²) in [6, 6.07) is 3.44. The molecule has 0 saturated heterocycles. The number of hydrogen-bond donors (Lipinski definition) is 1. The van der Waals surface area contributed by atoms with E-state index >= 15 is 0 Å². The largest absolute Gasteiger partial charge is 0.478 e. The molecule has 14 heavy (non-hydrogen) atoms. The predicted octanol–water partition coefficient (Wildman–Crippen LogP) is 2.16. The van der Waals surface area contributed by atoms with Gasteiger partial charge in [0.15, 0.2) is 5.12 Å². The molecule has 3 nitrogen and oxygen atoms in total. The molecule has 0 fully saturated rings. The molecular formula is C9H7FO3S. The number of benzene rings is 1. The lowest BCUT2D eigenvalue weighted by molar-refractivity contribution is -0.109. The van der Waals surface area contributed by atoms with Crippen LogP contribution in [0.25, 0.3) is 0 Å². The zero-order valence-corrected chi connectivity index (χ0v) is 8.10.